The lowest BCUT2D eigenvalue weighted by atomic mass is 10.1. The summed E-state index contributed by atoms with van der Waals surface area (Å²) >= 11 is 0. The molecule has 1 aromatic rings. The Morgan fingerprint density at radius 2 is 1.76 bits per heavy atom. The number of hydrogen-bond donors (Lipinski definition) is 2. The van der Waals surface area contributed by atoms with Crippen molar-refractivity contribution in [2.45, 2.75) is 32.2 Å². The van der Waals surface area contributed by atoms with Gasteiger partial charge in [-0.05, 0) is 25.5 Å². The Balaban J connectivity index is 2.51. The smallest absolute Gasteiger partial charge is 0.280 e. The van der Waals surface area contributed by atoms with Gasteiger partial charge in [-0.2, -0.15) is 0 Å². The average Bonchev–Trinajstić information content (AvgIpc) is 2.46. The van der Waals surface area contributed by atoms with Gasteiger partial charge in [0.2, 0.25) is 0 Å². The fraction of sp³-hybridized carbons (Fsp3) is 0.538. The SMILES string of the molecule is O=[N+]([O-])c1ccc(CNCCCCCCO)c([N+](=O)[O-])c1. The zero-order chi connectivity index (χ0) is 15.7. The van der Waals surface area contributed by atoms with E-state index in [0.29, 0.717) is 18.7 Å². The zero-order valence-electron chi connectivity index (χ0n) is 11.7. The van der Waals surface area contributed by atoms with E-state index >= 15 is 0 Å². The first-order chi connectivity index (χ1) is 10.1. The Morgan fingerprint density at radius 1 is 1.05 bits per heavy atom. The number of non-ortho nitro benzene ring substituents is 1. The number of aliphatic hydroxyl groups excluding tert-OH is 1. The Hall–Kier alpha value is -2.06. The topological polar surface area (TPSA) is 119 Å². The molecule has 0 atom stereocenters. The summed E-state index contributed by atoms with van der Waals surface area (Å²) in [6.45, 7) is 1.20. The van der Waals surface area contributed by atoms with E-state index in [1.54, 1.807) is 0 Å². The first kappa shape index (κ1) is 17.0. The molecule has 0 bridgehead atoms. The minimum absolute atomic E-state index is 0.197. The molecular formula is C13H19N3O5. The Kier molecular flexibility index (Phi) is 7.27. The van der Waals surface area contributed by atoms with Crippen LogP contribution < -0.4 is 5.32 Å². The summed E-state index contributed by atoms with van der Waals surface area (Å²) in [5.41, 5.74) is -0.0904. The largest absolute Gasteiger partial charge is 0.396 e. The second kappa shape index (κ2) is 8.98. The molecule has 0 fully saturated rings. The molecule has 0 radical (unpaired) electrons. The normalized spacial score (nSPS) is 10.5. The van der Waals surface area contributed by atoms with Crippen LogP contribution in [0.25, 0.3) is 0 Å². The number of benzene rings is 1. The summed E-state index contributed by atoms with van der Waals surface area (Å²) in [5.74, 6) is 0. The van der Waals surface area contributed by atoms with Gasteiger partial charge in [-0.1, -0.05) is 12.8 Å². The van der Waals surface area contributed by atoms with Crippen LogP contribution in [-0.2, 0) is 6.54 Å². The lowest BCUT2D eigenvalue weighted by Gasteiger charge is -2.05. The minimum atomic E-state index is -0.647. The number of nitrogens with zero attached hydrogens (tertiary/aromatic N) is 2. The molecular weight excluding hydrogens is 278 g/mol. The molecule has 0 saturated heterocycles. The van der Waals surface area contributed by atoms with Crippen LogP contribution in [0.3, 0.4) is 0 Å². The van der Waals surface area contributed by atoms with E-state index in [9.17, 15) is 20.2 Å². The molecule has 0 heterocycles. The lowest BCUT2D eigenvalue weighted by molar-refractivity contribution is -0.394. The van der Waals surface area contributed by atoms with E-state index in [1.807, 2.05) is 0 Å². The molecule has 2 N–H and O–H groups in total. The third-order valence-electron chi connectivity index (χ3n) is 3.05. The number of hydrogen-bond acceptors (Lipinski definition) is 6. The van der Waals surface area contributed by atoms with Crippen molar-refractivity contribution >= 4 is 11.4 Å². The van der Waals surface area contributed by atoms with Crippen molar-refractivity contribution in [2.75, 3.05) is 13.2 Å². The molecule has 0 amide bonds. The van der Waals surface area contributed by atoms with Crippen molar-refractivity contribution in [3.63, 3.8) is 0 Å². The molecule has 116 valence electrons. The highest BCUT2D eigenvalue weighted by Gasteiger charge is 2.18. The molecule has 0 saturated carbocycles. The maximum Gasteiger partial charge on any atom is 0.280 e. The molecule has 21 heavy (non-hydrogen) atoms. The molecule has 0 unspecified atom stereocenters. The highest BCUT2D eigenvalue weighted by atomic mass is 16.6. The van der Waals surface area contributed by atoms with E-state index in [1.165, 1.54) is 12.1 Å². The monoisotopic (exact) mass is 297 g/mol. The van der Waals surface area contributed by atoms with Crippen LogP contribution in [0.15, 0.2) is 18.2 Å². The maximum absolute atomic E-state index is 10.9. The summed E-state index contributed by atoms with van der Waals surface area (Å²) in [6.07, 6.45) is 3.64. The maximum atomic E-state index is 10.9. The van der Waals surface area contributed by atoms with Crippen molar-refractivity contribution in [1.82, 2.24) is 5.32 Å². The fourth-order valence-corrected chi connectivity index (χ4v) is 1.92. The van der Waals surface area contributed by atoms with E-state index in [0.717, 1.165) is 31.7 Å². The number of unbranched alkanes of at least 4 members (excludes halogenated alkanes) is 3. The Morgan fingerprint density at radius 3 is 2.38 bits per heavy atom. The second-order valence-electron chi connectivity index (χ2n) is 4.64. The third-order valence-corrected chi connectivity index (χ3v) is 3.05. The average molecular weight is 297 g/mol. The van der Waals surface area contributed by atoms with Crippen LogP contribution in [0, 0.1) is 20.2 Å². The van der Waals surface area contributed by atoms with Gasteiger partial charge in [-0.15, -0.1) is 0 Å². The first-order valence-corrected chi connectivity index (χ1v) is 6.79. The van der Waals surface area contributed by atoms with Crippen LogP contribution in [0.5, 0.6) is 0 Å². The van der Waals surface area contributed by atoms with Crippen LogP contribution in [0.1, 0.15) is 31.2 Å². The summed E-state index contributed by atoms with van der Waals surface area (Å²) in [7, 11) is 0. The Labute approximate surface area is 122 Å². The molecule has 0 aromatic heterocycles. The molecule has 0 spiro atoms. The van der Waals surface area contributed by atoms with Crippen LogP contribution in [0.4, 0.5) is 11.4 Å². The number of rotatable bonds is 10. The molecule has 0 aliphatic carbocycles. The molecule has 8 heteroatoms. The van der Waals surface area contributed by atoms with Gasteiger partial charge in [0.25, 0.3) is 11.4 Å². The lowest BCUT2D eigenvalue weighted by Crippen LogP contribution is -2.15. The predicted molar refractivity (Wildman–Crippen MR) is 77.0 cm³/mol. The van der Waals surface area contributed by atoms with Gasteiger partial charge in [0.05, 0.1) is 15.9 Å². The minimum Gasteiger partial charge on any atom is -0.396 e. The van der Waals surface area contributed by atoms with Gasteiger partial charge < -0.3 is 10.4 Å². The van der Waals surface area contributed by atoms with E-state index in [2.05, 4.69) is 5.32 Å². The van der Waals surface area contributed by atoms with E-state index in [4.69, 9.17) is 5.11 Å². The van der Waals surface area contributed by atoms with E-state index in [-0.39, 0.29) is 18.0 Å². The summed E-state index contributed by atoms with van der Waals surface area (Å²) in [5, 5.41) is 33.3. The molecule has 1 rings (SSSR count). The van der Waals surface area contributed by atoms with Crippen LogP contribution in [-0.4, -0.2) is 28.1 Å². The van der Waals surface area contributed by atoms with Crippen molar-refractivity contribution in [2.24, 2.45) is 0 Å². The number of nitrogens with one attached hydrogen (secondary N) is 1. The molecule has 0 aliphatic heterocycles. The zero-order valence-corrected chi connectivity index (χ0v) is 11.7. The number of aliphatic hydroxyl groups is 1. The standard InChI is InChI=1S/C13H19N3O5/c17-8-4-2-1-3-7-14-10-11-5-6-12(15(18)19)9-13(11)16(20)21/h5-6,9,14,17H,1-4,7-8,10H2. The third kappa shape index (κ3) is 5.84. The summed E-state index contributed by atoms with van der Waals surface area (Å²) in [4.78, 5) is 20.3. The highest BCUT2D eigenvalue weighted by Crippen LogP contribution is 2.24. The fourth-order valence-electron chi connectivity index (χ4n) is 1.92. The van der Waals surface area contributed by atoms with Gasteiger partial charge >= 0.3 is 0 Å². The van der Waals surface area contributed by atoms with Gasteiger partial charge in [-0.25, -0.2) is 0 Å². The van der Waals surface area contributed by atoms with Gasteiger partial charge in [-0.3, -0.25) is 20.2 Å². The van der Waals surface area contributed by atoms with Crippen molar-refractivity contribution in [3.05, 3.63) is 44.0 Å². The quantitative estimate of drug-likeness (QED) is 0.388. The predicted octanol–water partition coefficient (Wildman–Crippen LogP) is 2.15. The summed E-state index contributed by atoms with van der Waals surface area (Å²) in [6, 6.07) is 3.67. The summed E-state index contributed by atoms with van der Waals surface area (Å²) < 4.78 is 0. The Bertz CT molecular complexity index is 493. The molecule has 0 aliphatic rings. The van der Waals surface area contributed by atoms with Gasteiger partial charge in [0.15, 0.2) is 0 Å². The van der Waals surface area contributed by atoms with Crippen molar-refractivity contribution in [1.29, 1.82) is 0 Å². The molecule has 8 nitrogen and oxygen atoms in total. The molecule has 1 aromatic carbocycles. The number of nitro groups is 2. The first-order valence-electron chi connectivity index (χ1n) is 6.79. The van der Waals surface area contributed by atoms with Crippen LogP contribution >= 0.6 is 0 Å². The number of nitro benzene ring substituents is 2. The highest BCUT2D eigenvalue weighted by molar-refractivity contribution is 5.49. The van der Waals surface area contributed by atoms with Crippen LogP contribution in [0.2, 0.25) is 0 Å². The van der Waals surface area contributed by atoms with Crippen molar-refractivity contribution < 1.29 is 15.0 Å². The van der Waals surface area contributed by atoms with Crippen molar-refractivity contribution in [3.8, 4) is 0 Å². The van der Waals surface area contributed by atoms with E-state index < -0.39 is 9.85 Å². The van der Waals surface area contributed by atoms with Gasteiger partial charge in [0.1, 0.15) is 0 Å². The van der Waals surface area contributed by atoms with Gasteiger partial charge in [0, 0.05) is 24.8 Å². The second-order valence-corrected chi connectivity index (χ2v) is 4.64.